The van der Waals surface area contributed by atoms with Gasteiger partial charge in [0.15, 0.2) is 0 Å². The highest BCUT2D eigenvalue weighted by Gasteiger charge is 2.48. The predicted octanol–water partition coefficient (Wildman–Crippen LogP) is 1.57. The van der Waals surface area contributed by atoms with E-state index in [0.717, 1.165) is 6.42 Å². The second kappa shape index (κ2) is 2.76. The van der Waals surface area contributed by atoms with Gasteiger partial charge in [0.1, 0.15) is 0 Å². The lowest BCUT2D eigenvalue weighted by molar-refractivity contribution is 0.106. The van der Waals surface area contributed by atoms with Crippen LogP contribution in [0.2, 0.25) is 0 Å². The summed E-state index contributed by atoms with van der Waals surface area (Å²) in [5.74, 6) is 0.343. The van der Waals surface area contributed by atoms with E-state index >= 15 is 0 Å². The van der Waals surface area contributed by atoms with Crippen molar-refractivity contribution in [1.82, 2.24) is 0 Å². The Morgan fingerprint density at radius 3 is 2.18 bits per heavy atom. The smallest absolute Gasteiger partial charge is 0.0893 e. The van der Waals surface area contributed by atoms with Gasteiger partial charge in [0.05, 0.1) is 17.8 Å². The zero-order valence-electron chi connectivity index (χ0n) is 7.79. The van der Waals surface area contributed by atoms with Gasteiger partial charge >= 0.3 is 0 Å². The molecule has 0 aromatic heterocycles. The van der Waals surface area contributed by atoms with E-state index in [1.54, 1.807) is 0 Å². The zero-order valence-corrected chi connectivity index (χ0v) is 7.79. The van der Waals surface area contributed by atoms with E-state index in [4.69, 9.17) is 4.74 Å². The van der Waals surface area contributed by atoms with Crippen LogP contribution in [-0.2, 0) is 4.74 Å². The molecule has 0 aromatic carbocycles. The molecule has 0 amide bonds. The molecule has 1 heterocycles. The molecule has 2 heteroatoms. The number of hydrogen-bond donors (Lipinski definition) is 1. The second-order valence-corrected chi connectivity index (χ2v) is 4.26. The first kappa shape index (κ1) is 9.01. The number of ether oxygens (including phenoxy) is 1. The first-order chi connectivity index (χ1) is 4.93. The quantitative estimate of drug-likeness (QED) is 0.632. The van der Waals surface area contributed by atoms with E-state index in [2.05, 4.69) is 13.8 Å². The van der Waals surface area contributed by atoms with Crippen molar-refractivity contribution in [2.24, 2.45) is 5.92 Å². The minimum Gasteiger partial charge on any atom is -0.393 e. The molecule has 1 aliphatic rings. The fourth-order valence-electron chi connectivity index (χ4n) is 1.16. The summed E-state index contributed by atoms with van der Waals surface area (Å²) >= 11 is 0. The topological polar surface area (TPSA) is 32.8 Å². The van der Waals surface area contributed by atoms with Crippen molar-refractivity contribution in [3.63, 3.8) is 0 Å². The van der Waals surface area contributed by atoms with Crippen LogP contribution in [0.4, 0.5) is 0 Å². The molecule has 2 nitrogen and oxygen atoms in total. The summed E-state index contributed by atoms with van der Waals surface area (Å²) in [5.41, 5.74) is 0.0237. The largest absolute Gasteiger partial charge is 0.393 e. The van der Waals surface area contributed by atoms with E-state index in [-0.39, 0.29) is 17.8 Å². The van der Waals surface area contributed by atoms with E-state index in [1.807, 2.05) is 13.8 Å². The Kier molecular flexibility index (Phi) is 2.26. The molecule has 1 fully saturated rings. The molecule has 0 aromatic rings. The molecule has 0 saturated carbocycles. The third-order valence-corrected chi connectivity index (χ3v) is 2.39. The van der Waals surface area contributed by atoms with Gasteiger partial charge in [-0.1, -0.05) is 13.8 Å². The Hall–Kier alpha value is -0.0800. The lowest BCUT2D eigenvalue weighted by Crippen LogP contribution is -2.19. The van der Waals surface area contributed by atoms with Gasteiger partial charge in [-0.2, -0.15) is 0 Å². The van der Waals surface area contributed by atoms with Crippen LogP contribution in [-0.4, -0.2) is 22.9 Å². The van der Waals surface area contributed by atoms with Crippen molar-refractivity contribution in [2.75, 3.05) is 0 Å². The highest BCUT2D eigenvalue weighted by molar-refractivity contribution is 4.96. The molecule has 1 saturated heterocycles. The van der Waals surface area contributed by atoms with Crippen LogP contribution in [0.1, 0.15) is 34.1 Å². The molecule has 0 unspecified atom stereocenters. The maximum absolute atomic E-state index is 9.49. The van der Waals surface area contributed by atoms with Crippen LogP contribution >= 0.6 is 0 Å². The molecule has 1 N–H and O–H groups in total. The fraction of sp³-hybridized carbons (Fsp3) is 1.00. The summed E-state index contributed by atoms with van der Waals surface area (Å²) in [6, 6.07) is 0. The summed E-state index contributed by atoms with van der Waals surface area (Å²) in [6.07, 6.45) is 0.853. The summed E-state index contributed by atoms with van der Waals surface area (Å²) in [4.78, 5) is 0. The van der Waals surface area contributed by atoms with Gasteiger partial charge in [0.2, 0.25) is 0 Å². The third-order valence-electron chi connectivity index (χ3n) is 2.39. The van der Waals surface area contributed by atoms with Gasteiger partial charge in [-0.05, 0) is 19.8 Å². The van der Waals surface area contributed by atoms with Gasteiger partial charge < -0.3 is 9.84 Å². The van der Waals surface area contributed by atoms with Crippen LogP contribution in [0.3, 0.4) is 0 Å². The molecule has 0 bridgehead atoms. The molecule has 1 rings (SSSR count). The SMILES string of the molecule is CC(C)[C@@H](O)C[C@@H]1OC1(C)C. The van der Waals surface area contributed by atoms with Crippen molar-refractivity contribution in [1.29, 1.82) is 0 Å². The van der Waals surface area contributed by atoms with Crippen molar-refractivity contribution in [2.45, 2.75) is 51.9 Å². The summed E-state index contributed by atoms with van der Waals surface area (Å²) in [5, 5.41) is 9.49. The summed E-state index contributed by atoms with van der Waals surface area (Å²) in [6.45, 7) is 8.18. The molecular weight excluding hydrogens is 140 g/mol. The van der Waals surface area contributed by atoms with E-state index in [0.29, 0.717) is 5.92 Å². The van der Waals surface area contributed by atoms with Gasteiger partial charge in [-0.3, -0.25) is 0 Å². The summed E-state index contributed by atoms with van der Waals surface area (Å²) < 4.78 is 5.37. The highest BCUT2D eigenvalue weighted by Crippen LogP contribution is 2.38. The minimum atomic E-state index is -0.207. The van der Waals surface area contributed by atoms with Crippen molar-refractivity contribution in [3.05, 3.63) is 0 Å². The van der Waals surface area contributed by atoms with Crippen molar-refractivity contribution < 1.29 is 9.84 Å². The first-order valence-electron chi connectivity index (χ1n) is 4.29. The van der Waals surface area contributed by atoms with Gasteiger partial charge in [-0.15, -0.1) is 0 Å². The lowest BCUT2D eigenvalue weighted by atomic mass is 9.98. The van der Waals surface area contributed by atoms with Crippen molar-refractivity contribution >= 4 is 0 Å². The average Bonchev–Trinajstić information content (AvgIpc) is 2.39. The molecule has 0 aliphatic carbocycles. The Bertz CT molecular complexity index is 140. The average molecular weight is 158 g/mol. The standard InChI is InChI=1S/C9H18O2/c1-6(2)7(10)5-8-9(3,4)11-8/h6-8,10H,5H2,1-4H3/t7-,8-/m0/s1. The molecule has 0 spiro atoms. The summed E-state index contributed by atoms with van der Waals surface area (Å²) in [7, 11) is 0. The molecule has 0 radical (unpaired) electrons. The zero-order chi connectivity index (χ0) is 8.65. The Morgan fingerprint density at radius 2 is 1.91 bits per heavy atom. The van der Waals surface area contributed by atoms with Crippen LogP contribution in [0.15, 0.2) is 0 Å². The minimum absolute atomic E-state index is 0.0237. The Balaban J connectivity index is 2.23. The molecule has 1 aliphatic heterocycles. The molecule has 2 atom stereocenters. The lowest BCUT2D eigenvalue weighted by Gasteiger charge is -2.12. The van der Waals surface area contributed by atoms with Gasteiger partial charge in [0.25, 0.3) is 0 Å². The van der Waals surface area contributed by atoms with E-state index < -0.39 is 0 Å². The number of aliphatic hydroxyl groups is 1. The molecule has 11 heavy (non-hydrogen) atoms. The maximum Gasteiger partial charge on any atom is 0.0893 e. The van der Waals surface area contributed by atoms with Crippen molar-refractivity contribution in [3.8, 4) is 0 Å². The Labute approximate surface area is 68.6 Å². The fourth-order valence-corrected chi connectivity index (χ4v) is 1.16. The van der Waals surface area contributed by atoms with E-state index in [1.165, 1.54) is 0 Å². The molecule has 66 valence electrons. The number of rotatable bonds is 3. The number of hydrogen-bond acceptors (Lipinski definition) is 2. The van der Waals surface area contributed by atoms with Gasteiger partial charge in [-0.25, -0.2) is 0 Å². The first-order valence-corrected chi connectivity index (χ1v) is 4.29. The highest BCUT2D eigenvalue weighted by atomic mass is 16.6. The van der Waals surface area contributed by atoms with Crippen LogP contribution < -0.4 is 0 Å². The monoisotopic (exact) mass is 158 g/mol. The number of aliphatic hydroxyl groups excluding tert-OH is 1. The van der Waals surface area contributed by atoms with Crippen LogP contribution in [0, 0.1) is 5.92 Å². The van der Waals surface area contributed by atoms with Crippen LogP contribution in [0.5, 0.6) is 0 Å². The Morgan fingerprint density at radius 1 is 1.45 bits per heavy atom. The molecular formula is C9H18O2. The second-order valence-electron chi connectivity index (χ2n) is 4.26. The van der Waals surface area contributed by atoms with E-state index in [9.17, 15) is 5.11 Å². The third kappa shape index (κ3) is 2.17. The van der Waals surface area contributed by atoms with Crippen LogP contribution in [0.25, 0.3) is 0 Å². The van der Waals surface area contributed by atoms with Gasteiger partial charge in [0, 0.05) is 6.42 Å². The number of epoxide rings is 1. The predicted molar refractivity (Wildman–Crippen MR) is 44.4 cm³/mol. The maximum atomic E-state index is 9.49. The normalized spacial score (nSPS) is 30.5.